The smallest absolute Gasteiger partial charge is 0.370 e. The van der Waals surface area contributed by atoms with Crippen LogP contribution in [-0.2, 0) is 11.3 Å². The Morgan fingerprint density at radius 3 is 2.53 bits per heavy atom. The van der Waals surface area contributed by atoms with Crippen LogP contribution in [-0.4, -0.2) is 69.3 Å². The summed E-state index contributed by atoms with van der Waals surface area (Å²) in [6.07, 6.45) is -2.63. The Morgan fingerprint density at radius 1 is 1.15 bits per heavy atom. The van der Waals surface area contributed by atoms with Gasteiger partial charge >= 0.3 is 6.18 Å². The van der Waals surface area contributed by atoms with E-state index in [0.717, 1.165) is 18.7 Å². The number of aryl methyl sites for hydroxylation is 2. The lowest BCUT2D eigenvalue weighted by Crippen LogP contribution is -2.54. The maximum Gasteiger partial charge on any atom is 0.411 e. The van der Waals surface area contributed by atoms with Crippen molar-refractivity contribution in [3.63, 3.8) is 0 Å². The van der Waals surface area contributed by atoms with Gasteiger partial charge in [0.15, 0.2) is 5.82 Å². The number of nitrogens with one attached hydrogen (secondary N) is 2. The fraction of sp³-hybridized carbons (Fsp3) is 0.545. The third kappa shape index (κ3) is 5.73. The van der Waals surface area contributed by atoms with Crippen molar-refractivity contribution in [3.8, 4) is 0 Å². The number of ether oxygens (including phenoxy) is 1. The number of aromatic nitrogens is 5. The number of piperazine rings is 1. The number of halogens is 3. The molecule has 0 radical (unpaired) electrons. The van der Waals surface area contributed by atoms with Crippen LogP contribution in [0.5, 0.6) is 0 Å². The van der Waals surface area contributed by atoms with Crippen molar-refractivity contribution in [2.45, 2.75) is 52.5 Å². The van der Waals surface area contributed by atoms with E-state index in [0.29, 0.717) is 34.3 Å². The predicted molar refractivity (Wildman–Crippen MR) is 123 cm³/mol. The van der Waals surface area contributed by atoms with Crippen molar-refractivity contribution >= 4 is 28.6 Å². The largest absolute Gasteiger partial charge is 0.411 e. The Kier molecular flexibility index (Phi) is 6.89. The zero-order valence-corrected chi connectivity index (χ0v) is 19.6. The topological polar surface area (TPSA) is 93.0 Å². The Hall–Kier alpha value is -2.99. The van der Waals surface area contributed by atoms with Crippen LogP contribution < -0.4 is 15.5 Å². The van der Waals surface area contributed by atoms with Gasteiger partial charge in [-0.15, -0.1) is 0 Å². The molecule has 9 nitrogen and oxygen atoms in total. The Bertz CT molecular complexity index is 1120. The summed E-state index contributed by atoms with van der Waals surface area (Å²) >= 11 is 0. The van der Waals surface area contributed by atoms with E-state index in [1.165, 1.54) is 0 Å². The maximum atomic E-state index is 12.5. The van der Waals surface area contributed by atoms with E-state index in [4.69, 9.17) is 14.7 Å². The summed E-state index contributed by atoms with van der Waals surface area (Å²) in [5.41, 5.74) is 2.90. The maximum absolute atomic E-state index is 12.5. The molecule has 1 aliphatic rings. The highest BCUT2D eigenvalue weighted by atomic mass is 19.4. The van der Waals surface area contributed by atoms with Gasteiger partial charge in [-0.2, -0.15) is 23.3 Å². The molecule has 0 aliphatic carbocycles. The first-order chi connectivity index (χ1) is 16.1. The normalized spacial score (nSPS) is 19.1. The predicted octanol–water partition coefficient (Wildman–Crippen LogP) is 3.35. The molecule has 0 bridgehead atoms. The molecule has 0 unspecified atom stereocenters. The summed E-state index contributed by atoms with van der Waals surface area (Å²) < 4.78 is 43.8. The van der Waals surface area contributed by atoms with Crippen molar-refractivity contribution in [2.24, 2.45) is 0 Å². The van der Waals surface area contributed by atoms with Gasteiger partial charge in [0.1, 0.15) is 23.5 Å². The fourth-order valence-electron chi connectivity index (χ4n) is 4.10. The van der Waals surface area contributed by atoms with Crippen LogP contribution in [0.3, 0.4) is 0 Å². The lowest BCUT2D eigenvalue weighted by Gasteiger charge is -2.36. The highest BCUT2D eigenvalue weighted by Crippen LogP contribution is 2.29. The molecule has 4 rings (SSSR count). The van der Waals surface area contributed by atoms with Crippen LogP contribution in [0.4, 0.5) is 30.8 Å². The van der Waals surface area contributed by atoms with E-state index in [2.05, 4.69) is 39.5 Å². The van der Waals surface area contributed by atoms with Crippen LogP contribution in [0, 0.1) is 13.8 Å². The standard InChI is InChI=1S/C22H29F3N8O/c1-13-5-6-17(26-9-13)28-20-19-18(16(4)31-33(19)7-8-34-12-22(23,24)25)29-21(30-20)32-10-14(2)27-15(3)11-32/h5-6,9,14-15,27H,7-8,10-12H2,1-4H3,(H,26,28,29,30)/t14-,15-/m1/s1. The zero-order chi connectivity index (χ0) is 24.5. The van der Waals surface area contributed by atoms with E-state index in [-0.39, 0.29) is 25.2 Å². The third-order valence-corrected chi connectivity index (χ3v) is 5.46. The SMILES string of the molecule is Cc1ccc(Nc2nc(N3C[C@@H](C)N[C@H](C)C3)nc3c(C)nn(CCOCC(F)(F)F)c23)nc1. The van der Waals surface area contributed by atoms with E-state index in [1.54, 1.807) is 10.9 Å². The van der Waals surface area contributed by atoms with E-state index >= 15 is 0 Å². The number of anilines is 3. The van der Waals surface area contributed by atoms with Crippen LogP contribution >= 0.6 is 0 Å². The lowest BCUT2D eigenvalue weighted by atomic mass is 10.1. The molecule has 0 saturated carbocycles. The first kappa shape index (κ1) is 24.1. The average molecular weight is 479 g/mol. The summed E-state index contributed by atoms with van der Waals surface area (Å²) in [4.78, 5) is 16.1. The molecule has 1 saturated heterocycles. The van der Waals surface area contributed by atoms with E-state index < -0.39 is 12.8 Å². The summed E-state index contributed by atoms with van der Waals surface area (Å²) in [6.45, 7) is 8.17. The Morgan fingerprint density at radius 2 is 1.88 bits per heavy atom. The van der Waals surface area contributed by atoms with E-state index in [9.17, 15) is 13.2 Å². The van der Waals surface area contributed by atoms with Crippen molar-refractivity contribution in [2.75, 3.05) is 36.5 Å². The van der Waals surface area contributed by atoms with Gasteiger partial charge < -0.3 is 20.3 Å². The molecule has 2 N–H and O–H groups in total. The van der Waals surface area contributed by atoms with Crippen LogP contribution in [0.15, 0.2) is 18.3 Å². The molecule has 34 heavy (non-hydrogen) atoms. The quantitative estimate of drug-likeness (QED) is 0.500. The van der Waals surface area contributed by atoms with Gasteiger partial charge in [-0.3, -0.25) is 4.68 Å². The lowest BCUT2D eigenvalue weighted by molar-refractivity contribution is -0.174. The Balaban J connectivity index is 1.70. The molecular formula is C22H29F3N8O. The number of hydrogen-bond acceptors (Lipinski definition) is 8. The number of nitrogens with zero attached hydrogens (tertiary/aromatic N) is 6. The van der Waals surface area contributed by atoms with Gasteiger partial charge in [0, 0.05) is 31.4 Å². The van der Waals surface area contributed by atoms with Crippen LogP contribution in [0.2, 0.25) is 0 Å². The monoisotopic (exact) mass is 478 g/mol. The molecule has 2 atom stereocenters. The summed E-state index contributed by atoms with van der Waals surface area (Å²) in [7, 11) is 0. The number of rotatable bonds is 7. The molecule has 1 aliphatic heterocycles. The molecular weight excluding hydrogens is 449 g/mol. The summed E-state index contributed by atoms with van der Waals surface area (Å²) in [6, 6.07) is 4.32. The average Bonchev–Trinajstić information content (AvgIpc) is 3.07. The molecule has 3 aromatic heterocycles. The van der Waals surface area contributed by atoms with Gasteiger partial charge in [-0.1, -0.05) is 6.07 Å². The van der Waals surface area contributed by atoms with Gasteiger partial charge in [0.05, 0.1) is 18.8 Å². The molecule has 4 heterocycles. The number of alkyl halides is 3. The minimum absolute atomic E-state index is 0.126. The van der Waals surface area contributed by atoms with Crippen molar-refractivity contribution < 1.29 is 17.9 Å². The second-order valence-corrected chi connectivity index (χ2v) is 8.77. The zero-order valence-electron chi connectivity index (χ0n) is 19.6. The third-order valence-electron chi connectivity index (χ3n) is 5.46. The van der Waals surface area contributed by atoms with Gasteiger partial charge in [0.25, 0.3) is 0 Å². The highest BCUT2D eigenvalue weighted by Gasteiger charge is 2.28. The van der Waals surface area contributed by atoms with Crippen LogP contribution in [0.1, 0.15) is 25.1 Å². The van der Waals surface area contributed by atoms with Crippen LogP contribution in [0.25, 0.3) is 11.0 Å². The molecule has 184 valence electrons. The Labute approximate surface area is 195 Å². The number of fused-ring (bicyclic) bond motifs is 1. The molecule has 3 aromatic rings. The van der Waals surface area contributed by atoms with Crippen molar-refractivity contribution in [3.05, 3.63) is 29.6 Å². The van der Waals surface area contributed by atoms with E-state index in [1.807, 2.05) is 26.0 Å². The minimum Gasteiger partial charge on any atom is -0.370 e. The summed E-state index contributed by atoms with van der Waals surface area (Å²) in [5, 5.41) is 11.3. The van der Waals surface area contributed by atoms with Gasteiger partial charge in [0.2, 0.25) is 5.95 Å². The van der Waals surface area contributed by atoms with Crippen molar-refractivity contribution in [1.82, 2.24) is 30.0 Å². The van der Waals surface area contributed by atoms with Crippen molar-refractivity contribution in [1.29, 1.82) is 0 Å². The van der Waals surface area contributed by atoms with Gasteiger partial charge in [-0.25, -0.2) is 9.97 Å². The molecule has 12 heteroatoms. The summed E-state index contributed by atoms with van der Waals surface area (Å²) in [5.74, 6) is 1.65. The first-order valence-corrected chi connectivity index (χ1v) is 11.2. The second-order valence-electron chi connectivity index (χ2n) is 8.77. The first-order valence-electron chi connectivity index (χ1n) is 11.2. The highest BCUT2D eigenvalue weighted by molar-refractivity contribution is 5.90. The second kappa shape index (κ2) is 9.71. The minimum atomic E-state index is -4.37. The molecule has 0 spiro atoms. The van der Waals surface area contributed by atoms with Gasteiger partial charge in [-0.05, 0) is 39.3 Å². The molecule has 0 amide bonds. The number of hydrogen-bond donors (Lipinski definition) is 2. The fourth-order valence-corrected chi connectivity index (χ4v) is 4.10. The molecule has 0 aromatic carbocycles. The molecule has 1 fully saturated rings. The number of pyridine rings is 1.